The molecule has 0 saturated carbocycles. The van der Waals surface area contributed by atoms with E-state index in [0.29, 0.717) is 4.72 Å². The standard InChI is InChI=1S/C15H12F17NO4S/c1-3-5(6(33-38(35)36)7(34)37-4-2)8(16,17)9(18,19)10(20,21)11(22,23)12(24,25)13(26,27)14(28,29)15(30,31)32/h33H,3-4H2,1-2H3,(H,35,36)/p-1. The first kappa shape index (κ1) is 35.9. The van der Waals surface area contributed by atoms with Gasteiger partial charge in [0.15, 0.2) is 0 Å². The van der Waals surface area contributed by atoms with Crippen LogP contribution in [-0.4, -0.2) is 69.0 Å². The van der Waals surface area contributed by atoms with E-state index in [1.165, 1.54) is 0 Å². The predicted molar refractivity (Wildman–Crippen MR) is 86.7 cm³/mol. The van der Waals surface area contributed by atoms with E-state index in [9.17, 15) is 88.2 Å². The minimum atomic E-state index is -8.82. The molecule has 0 aromatic heterocycles. The van der Waals surface area contributed by atoms with Gasteiger partial charge in [-0.3, -0.25) is 4.21 Å². The lowest BCUT2D eigenvalue weighted by Crippen LogP contribution is -2.74. The summed E-state index contributed by atoms with van der Waals surface area (Å²) in [6.45, 7) is 0.226. The molecule has 0 aliphatic heterocycles. The lowest BCUT2D eigenvalue weighted by molar-refractivity contribution is -0.460. The molecule has 23 heteroatoms. The van der Waals surface area contributed by atoms with Crippen molar-refractivity contribution in [2.24, 2.45) is 0 Å². The molecule has 0 aliphatic rings. The van der Waals surface area contributed by atoms with Crippen LogP contribution in [0.15, 0.2) is 11.3 Å². The van der Waals surface area contributed by atoms with Gasteiger partial charge in [-0.1, -0.05) is 6.92 Å². The Bertz CT molecular complexity index is 944. The van der Waals surface area contributed by atoms with Crippen molar-refractivity contribution in [3.05, 3.63) is 11.3 Å². The number of hydrogen-bond donors (Lipinski definition) is 1. The molecule has 0 fully saturated rings. The van der Waals surface area contributed by atoms with Gasteiger partial charge in [0.1, 0.15) is 5.70 Å². The van der Waals surface area contributed by atoms with Crippen molar-refractivity contribution < 1.29 is 92.9 Å². The second-order valence-electron chi connectivity index (χ2n) is 6.78. The fourth-order valence-corrected chi connectivity index (χ4v) is 2.80. The predicted octanol–water partition coefficient (Wildman–Crippen LogP) is 5.61. The third-order valence-electron chi connectivity index (χ3n) is 4.42. The Morgan fingerprint density at radius 3 is 1.32 bits per heavy atom. The molecule has 0 radical (unpaired) electrons. The highest BCUT2D eigenvalue weighted by Gasteiger charge is 2.95. The Morgan fingerprint density at radius 2 is 1.03 bits per heavy atom. The zero-order chi connectivity index (χ0) is 31.1. The van der Waals surface area contributed by atoms with E-state index in [2.05, 4.69) is 4.74 Å². The van der Waals surface area contributed by atoms with Crippen LogP contribution >= 0.6 is 0 Å². The summed E-state index contributed by atoms with van der Waals surface area (Å²) in [5, 5.41) is 0. The van der Waals surface area contributed by atoms with Crippen molar-refractivity contribution in [2.45, 2.75) is 67.9 Å². The Labute approximate surface area is 201 Å². The van der Waals surface area contributed by atoms with E-state index in [1.54, 1.807) is 0 Å². The summed E-state index contributed by atoms with van der Waals surface area (Å²) >= 11 is -3.97. The monoisotopic (exact) mass is 624 g/mol. The highest BCUT2D eigenvalue weighted by molar-refractivity contribution is 7.77. The molecule has 0 aromatic carbocycles. The van der Waals surface area contributed by atoms with E-state index in [0.717, 1.165) is 6.92 Å². The average Bonchev–Trinajstić information content (AvgIpc) is 2.71. The molecular weight excluding hydrogens is 613 g/mol. The van der Waals surface area contributed by atoms with Gasteiger partial charge in [0.05, 0.1) is 6.61 Å². The number of halogens is 17. The third kappa shape index (κ3) is 5.22. The fourth-order valence-electron chi connectivity index (χ4n) is 2.42. The number of hydrogen-bond acceptors (Lipinski definition) is 4. The quantitative estimate of drug-likeness (QED) is 0.133. The molecule has 1 unspecified atom stereocenters. The van der Waals surface area contributed by atoms with E-state index in [-0.39, 0.29) is 6.92 Å². The first-order valence-electron chi connectivity index (χ1n) is 8.96. The summed E-state index contributed by atoms with van der Waals surface area (Å²) in [7, 11) is 0. The summed E-state index contributed by atoms with van der Waals surface area (Å²) < 4.78 is 254. The Morgan fingerprint density at radius 1 is 0.684 bits per heavy atom. The van der Waals surface area contributed by atoms with Crippen molar-refractivity contribution >= 4 is 17.2 Å². The lowest BCUT2D eigenvalue weighted by atomic mass is 9.86. The van der Waals surface area contributed by atoms with Crippen molar-refractivity contribution in [3.8, 4) is 0 Å². The second kappa shape index (κ2) is 10.5. The van der Waals surface area contributed by atoms with Gasteiger partial charge >= 0.3 is 53.6 Å². The summed E-state index contributed by atoms with van der Waals surface area (Å²) in [6, 6.07) is 0. The van der Waals surface area contributed by atoms with Gasteiger partial charge in [-0.25, -0.2) is 4.79 Å². The normalized spacial score (nSPS) is 16.6. The van der Waals surface area contributed by atoms with Crippen molar-refractivity contribution in [3.63, 3.8) is 0 Å². The van der Waals surface area contributed by atoms with Crippen molar-refractivity contribution in [2.75, 3.05) is 6.61 Å². The van der Waals surface area contributed by atoms with Gasteiger partial charge in [-0.15, -0.1) is 0 Å². The maximum Gasteiger partial charge on any atom is 0.460 e. The van der Waals surface area contributed by atoms with Crippen LogP contribution in [0.5, 0.6) is 0 Å². The van der Waals surface area contributed by atoms with E-state index in [4.69, 9.17) is 0 Å². The number of ether oxygens (including phenoxy) is 1. The summed E-state index contributed by atoms with van der Waals surface area (Å²) in [4.78, 5) is 11.7. The molecule has 1 N–H and O–H groups in total. The van der Waals surface area contributed by atoms with Crippen LogP contribution in [-0.2, 0) is 20.8 Å². The maximum atomic E-state index is 14.5. The number of rotatable bonds is 12. The molecule has 0 rings (SSSR count). The lowest BCUT2D eigenvalue weighted by Gasteiger charge is -2.43. The summed E-state index contributed by atoms with van der Waals surface area (Å²) in [5.41, 5.74) is -5.29. The molecule has 0 bridgehead atoms. The Hall–Kier alpha value is -2.07. The fraction of sp³-hybridized carbons (Fsp3) is 0.800. The Kier molecular flexibility index (Phi) is 9.91. The third-order valence-corrected chi connectivity index (χ3v) is 4.79. The van der Waals surface area contributed by atoms with Gasteiger partial charge in [-0.2, -0.15) is 74.6 Å². The van der Waals surface area contributed by atoms with Crippen molar-refractivity contribution in [1.82, 2.24) is 4.72 Å². The maximum absolute atomic E-state index is 14.5. The zero-order valence-corrected chi connectivity index (χ0v) is 18.7. The van der Waals surface area contributed by atoms with Gasteiger partial charge in [0.2, 0.25) is 0 Å². The molecule has 226 valence electrons. The molecule has 5 nitrogen and oxygen atoms in total. The number of carbonyl (C=O) groups excluding carboxylic acids is 1. The van der Waals surface area contributed by atoms with Gasteiger partial charge in [0, 0.05) is 16.8 Å². The van der Waals surface area contributed by atoms with E-state index >= 15 is 0 Å². The number of nitrogens with one attached hydrogen (secondary N) is 1. The minimum absolute atomic E-state index is 0.233. The number of alkyl halides is 17. The van der Waals surface area contributed by atoms with E-state index < -0.39 is 89.2 Å². The minimum Gasteiger partial charge on any atom is -0.755 e. The smallest absolute Gasteiger partial charge is 0.460 e. The van der Waals surface area contributed by atoms with Gasteiger partial charge in [0.25, 0.3) is 0 Å². The molecular formula is C15H11F17NO4S-. The molecule has 0 aliphatic carbocycles. The first-order chi connectivity index (χ1) is 16.5. The molecule has 38 heavy (non-hydrogen) atoms. The van der Waals surface area contributed by atoms with Crippen molar-refractivity contribution in [1.29, 1.82) is 0 Å². The largest absolute Gasteiger partial charge is 0.755 e. The SMILES string of the molecule is CCOC(=O)C(NS(=O)[O-])=C(CC)C(F)(F)C(F)(F)C(F)(F)C(F)(F)C(F)(F)C(F)(F)C(F)(F)C(F)(F)F. The number of allylic oxidation sites excluding steroid dienone is 1. The topological polar surface area (TPSA) is 78.5 Å². The Balaban J connectivity index is 7.33. The summed E-state index contributed by atoms with van der Waals surface area (Å²) in [5.74, 6) is -60.8. The highest BCUT2D eigenvalue weighted by Crippen LogP contribution is 2.64. The van der Waals surface area contributed by atoms with Gasteiger partial charge < -0.3 is 14.0 Å². The number of esters is 1. The van der Waals surface area contributed by atoms with Crippen LogP contribution in [0, 0.1) is 0 Å². The summed E-state index contributed by atoms with van der Waals surface area (Å²) in [6.07, 6.45) is -9.79. The van der Waals surface area contributed by atoms with Crippen LogP contribution in [0.2, 0.25) is 0 Å². The zero-order valence-electron chi connectivity index (χ0n) is 17.9. The van der Waals surface area contributed by atoms with Crippen LogP contribution in [0.1, 0.15) is 20.3 Å². The second-order valence-corrected chi connectivity index (χ2v) is 7.46. The first-order valence-corrected chi connectivity index (χ1v) is 10.0. The van der Waals surface area contributed by atoms with Crippen LogP contribution < -0.4 is 4.72 Å². The molecule has 0 heterocycles. The van der Waals surface area contributed by atoms with Crippen LogP contribution in [0.25, 0.3) is 0 Å². The molecule has 1 atom stereocenters. The molecule has 0 spiro atoms. The number of carbonyl (C=O) groups is 1. The van der Waals surface area contributed by atoms with Gasteiger partial charge in [-0.05, 0) is 13.3 Å². The molecule has 0 aromatic rings. The molecule has 0 amide bonds. The highest BCUT2D eigenvalue weighted by atomic mass is 32.2. The van der Waals surface area contributed by atoms with Crippen LogP contribution in [0.4, 0.5) is 74.6 Å². The van der Waals surface area contributed by atoms with E-state index in [1.807, 2.05) is 0 Å². The average molecular weight is 624 g/mol. The molecule has 0 saturated heterocycles. The van der Waals surface area contributed by atoms with Crippen LogP contribution in [0.3, 0.4) is 0 Å².